The van der Waals surface area contributed by atoms with Crippen LogP contribution in [0.3, 0.4) is 0 Å². The van der Waals surface area contributed by atoms with Gasteiger partial charge in [0.25, 0.3) is 0 Å². The van der Waals surface area contributed by atoms with Gasteiger partial charge in [-0.25, -0.2) is 0 Å². The number of hydrogen-bond acceptors (Lipinski definition) is 4. The van der Waals surface area contributed by atoms with Gasteiger partial charge in [-0.3, -0.25) is 9.69 Å². The highest BCUT2D eigenvalue weighted by Gasteiger charge is 2.45. The molecule has 4 atom stereocenters. The second-order valence-corrected chi connectivity index (χ2v) is 7.41. The Morgan fingerprint density at radius 3 is 2.52 bits per heavy atom. The standard InChI is InChI=1S/C16H29N3O2/c1-11(2)18-16(15(17)20)7-3-4-12(8-16)19-9-13-5-6-14(10-19)21-13/h11-14,18H,3-10H2,1-2H3,(H2,17,20). The highest BCUT2D eigenvalue weighted by Crippen LogP contribution is 2.35. The van der Waals surface area contributed by atoms with Gasteiger partial charge in [0.1, 0.15) is 0 Å². The molecule has 5 heteroatoms. The minimum atomic E-state index is -0.519. The van der Waals surface area contributed by atoms with E-state index in [1.165, 1.54) is 19.3 Å². The number of amides is 1. The molecule has 0 aromatic heterocycles. The maximum atomic E-state index is 12.1. The number of primary amides is 1. The number of rotatable bonds is 4. The molecule has 0 spiro atoms. The van der Waals surface area contributed by atoms with Crippen LogP contribution < -0.4 is 11.1 Å². The number of morpholine rings is 1. The van der Waals surface area contributed by atoms with Crippen LogP contribution in [0.1, 0.15) is 52.4 Å². The van der Waals surface area contributed by atoms with Gasteiger partial charge in [0, 0.05) is 25.2 Å². The summed E-state index contributed by atoms with van der Waals surface area (Å²) in [5, 5.41) is 3.47. The van der Waals surface area contributed by atoms with Gasteiger partial charge >= 0.3 is 0 Å². The van der Waals surface area contributed by atoms with Crippen molar-refractivity contribution >= 4 is 5.91 Å². The summed E-state index contributed by atoms with van der Waals surface area (Å²) in [6.07, 6.45) is 7.17. The molecule has 4 unspecified atom stereocenters. The zero-order chi connectivity index (χ0) is 15.0. The van der Waals surface area contributed by atoms with E-state index < -0.39 is 5.54 Å². The monoisotopic (exact) mass is 295 g/mol. The number of likely N-dealkylation sites (tertiary alicyclic amines) is 1. The Bertz CT molecular complexity index is 389. The highest BCUT2D eigenvalue weighted by atomic mass is 16.5. The number of fused-ring (bicyclic) bond motifs is 2. The van der Waals surface area contributed by atoms with E-state index in [-0.39, 0.29) is 11.9 Å². The third-order valence-electron chi connectivity index (χ3n) is 5.35. The summed E-state index contributed by atoms with van der Waals surface area (Å²) in [4.78, 5) is 14.7. The molecule has 2 heterocycles. The van der Waals surface area contributed by atoms with Gasteiger partial charge in [-0.1, -0.05) is 0 Å². The van der Waals surface area contributed by atoms with E-state index >= 15 is 0 Å². The average Bonchev–Trinajstić information content (AvgIpc) is 2.77. The molecule has 3 fully saturated rings. The van der Waals surface area contributed by atoms with Crippen molar-refractivity contribution in [2.45, 2.75) is 82.2 Å². The molecule has 1 amide bonds. The Balaban J connectivity index is 1.70. The Kier molecular flexibility index (Phi) is 4.26. The van der Waals surface area contributed by atoms with Crippen molar-refractivity contribution in [3.05, 3.63) is 0 Å². The summed E-state index contributed by atoms with van der Waals surface area (Å²) < 4.78 is 5.93. The first-order chi connectivity index (χ1) is 9.98. The number of nitrogens with two attached hydrogens (primary N) is 1. The third kappa shape index (κ3) is 3.10. The first kappa shape index (κ1) is 15.3. The number of nitrogens with zero attached hydrogens (tertiary/aromatic N) is 1. The molecule has 3 N–H and O–H groups in total. The molecule has 0 radical (unpaired) electrons. The molecule has 0 aromatic rings. The Labute approximate surface area is 127 Å². The van der Waals surface area contributed by atoms with Crippen molar-refractivity contribution in [3.63, 3.8) is 0 Å². The molecule has 120 valence electrons. The van der Waals surface area contributed by atoms with Crippen molar-refractivity contribution in [3.8, 4) is 0 Å². The molecule has 21 heavy (non-hydrogen) atoms. The van der Waals surface area contributed by atoms with Crippen molar-refractivity contribution in [2.24, 2.45) is 5.73 Å². The Morgan fingerprint density at radius 1 is 1.29 bits per heavy atom. The van der Waals surface area contributed by atoms with Crippen LogP contribution in [0.2, 0.25) is 0 Å². The highest BCUT2D eigenvalue weighted by molar-refractivity contribution is 5.85. The molecule has 3 aliphatic rings. The fraction of sp³-hybridized carbons (Fsp3) is 0.938. The Morgan fingerprint density at radius 2 is 1.95 bits per heavy atom. The van der Waals surface area contributed by atoms with Gasteiger partial charge in [-0.2, -0.15) is 0 Å². The van der Waals surface area contributed by atoms with Crippen LogP contribution in [0, 0.1) is 0 Å². The number of carbonyl (C=O) groups excluding carboxylic acids is 1. The fourth-order valence-corrected chi connectivity index (χ4v) is 4.48. The molecule has 3 rings (SSSR count). The van der Waals surface area contributed by atoms with Crippen LogP contribution in [0.15, 0.2) is 0 Å². The van der Waals surface area contributed by atoms with Gasteiger partial charge in [-0.05, 0) is 52.4 Å². The number of nitrogens with one attached hydrogen (secondary N) is 1. The zero-order valence-electron chi connectivity index (χ0n) is 13.3. The zero-order valence-corrected chi connectivity index (χ0v) is 13.3. The van der Waals surface area contributed by atoms with Gasteiger partial charge in [0.2, 0.25) is 5.91 Å². The molecule has 2 saturated heterocycles. The number of carbonyl (C=O) groups is 1. The van der Waals surface area contributed by atoms with Crippen molar-refractivity contribution in [1.82, 2.24) is 10.2 Å². The minimum absolute atomic E-state index is 0.183. The molecule has 2 bridgehead atoms. The van der Waals surface area contributed by atoms with Crippen LogP contribution in [0.5, 0.6) is 0 Å². The van der Waals surface area contributed by atoms with E-state index in [0.717, 1.165) is 32.4 Å². The number of hydrogen-bond donors (Lipinski definition) is 2. The van der Waals surface area contributed by atoms with E-state index in [1.54, 1.807) is 0 Å². The van der Waals surface area contributed by atoms with E-state index in [2.05, 4.69) is 24.1 Å². The quantitative estimate of drug-likeness (QED) is 0.812. The maximum Gasteiger partial charge on any atom is 0.237 e. The molecule has 0 aromatic carbocycles. The van der Waals surface area contributed by atoms with Crippen molar-refractivity contribution in [1.29, 1.82) is 0 Å². The predicted octanol–water partition coefficient (Wildman–Crippen LogP) is 1.01. The van der Waals surface area contributed by atoms with Crippen LogP contribution in [0.25, 0.3) is 0 Å². The summed E-state index contributed by atoms with van der Waals surface area (Å²) in [6, 6.07) is 0.738. The van der Waals surface area contributed by atoms with Crippen LogP contribution in [-0.4, -0.2) is 53.7 Å². The van der Waals surface area contributed by atoms with Crippen LogP contribution in [-0.2, 0) is 9.53 Å². The summed E-state index contributed by atoms with van der Waals surface area (Å²) in [6.45, 7) is 6.22. The van der Waals surface area contributed by atoms with E-state index in [1.807, 2.05) is 0 Å². The normalized spacial score (nSPS) is 40.6. The molecule has 1 saturated carbocycles. The molecule has 5 nitrogen and oxygen atoms in total. The van der Waals surface area contributed by atoms with Gasteiger partial charge in [-0.15, -0.1) is 0 Å². The largest absolute Gasteiger partial charge is 0.372 e. The lowest BCUT2D eigenvalue weighted by Gasteiger charge is -2.46. The smallest absolute Gasteiger partial charge is 0.237 e. The molecular formula is C16H29N3O2. The maximum absolute atomic E-state index is 12.1. The van der Waals surface area contributed by atoms with Gasteiger partial charge in [0.15, 0.2) is 0 Å². The summed E-state index contributed by atoms with van der Waals surface area (Å²) in [5.74, 6) is -0.183. The van der Waals surface area contributed by atoms with Crippen LogP contribution in [0.4, 0.5) is 0 Å². The molecular weight excluding hydrogens is 266 g/mol. The van der Waals surface area contributed by atoms with Crippen LogP contribution >= 0.6 is 0 Å². The van der Waals surface area contributed by atoms with E-state index in [0.29, 0.717) is 18.2 Å². The summed E-state index contributed by atoms with van der Waals surface area (Å²) in [7, 11) is 0. The number of ether oxygens (including phenoxy) is 1. The lowest BCUT2D eigenvalue weighted by Crippen LogP contribution is -2.63. The summed E-state index contributed by atoms with van der Waals surface area (Å²) in [5.41, 5.74) is 5.25. The fourth-order valence-electron chi connectivity index (χ4n) is 4.48. The second-order valence-electron chi connectivity index (χ2n) is 7.41. The SMILES string of the molecule is CC(C)NC1(C(N)=O)CCCC(N2CC3CCC(C2)O3)C1. The van der Waals surface area contributed by atoms with E-state index in [4.69, 9.17) is 10.5 Å². The average molecular weight is 295 g/mol. The first-order valence-corrected chi connectivity index (χ1v) is 8.45. The lowest BCUT2D eigenvalue weighted by atomic mass is 9.77. The van der Waals surface area contributed by atoms with Gasteiger partial charge in [0.05, 0.1) is 17.7 Å². The summed E-state index contributed by atoms with van der Waals surface area (Å²) >= 11 is 0. The molecule has 2 aliphatic heterocycles. The predicted molar refractivity (Wildman–Crippen MR) is 81.9 cm³/mol. The van der Waals surface area contributed by atoms with Gasteiger partial charge < -0.3 is 15.8 Å². The lowest BCUT2D eigenvalue weighted by molar-refractivity contribution is -0.128. The topological polar surface area (TPSA) is 67.6 Å². The first-order valence-electron chi connectivity index (χ1n) is 8.45. The Hall–Kier alpha value is -0.650. The van der Waals surface area contributed by atoms with Crippen molar-refractivity contribution < 1.29 is 9.53 Å². The minimum Gasteiger partial charge on any atom is -0.372 e. The second kappa shape index (κ2) is 5.86. The molecule has 1 aliphatic carbocycles. The van der Waals surface area contributed by atoms with E-state index in [9.17, 15) is 4.79 Å². The van der Waals surface area contributed by atoms with Crippen molar-refractivity contribution in [2.75, 3.05) is 13.1 Å². The third-order valence-corrected chi connectivity index (χ3v) is 5.35.